The number of carbonyl (C=O) groups is 2. The van der Waals surface area contributed by atoms with E-state index in [1.165, 1.54) is 42.0 Å². The number of amidine groups is 1. The molecule has 1 amide bonds. The van der Waals surface area contributed by atoms with E-state index >= 15 is 0 Å². The first-order valence-electron chi connectivity index (χ1n) is 13.3. The van der Waals surface area contributed by atoms with Crippen LogP contribution in [-0.2, 0) is 17.9 Å². The van der Waals surface area contributed by atoms with Crippen LogP contribution in [0.2, 0.25) is 5.02 Å². The molecular weight excluding hydrogens is 607 g/mol. The lowest BCUT2D eigenvalue weighted by Crippen LogP contribution is -2.28. The molecule has 1 heterocycles. The summed E-state index contributed by atoms with van der Waals surface area (Å²) in [5.41, 5.74) is 2.45. The van der Waals surface area contributed by atoms with Crippen molar-refractivity contribution < 1.29 is 33.3 Å². The summed E-state index contributed by atoms with van der Waals surface area (Å²) in [4.78, 5) is 31.6. The van der Waals surface area contributed by atoms with Crippen molar-refractivity contribution in [3.8, 4) is 17.2 Å². The second kappa shape index (κ2) is 13.7. The number of halogens is 2. The average molecular weight is 633 g/mol. The van der Waals surface area contributed by atoms with Crippen molar-refractivity contribution in [3.05, 3.63) is 123 Å². The third kappa shape index (κ3) is 7.04. The topological polar surface area (TPSA) is 97.7 Å². The van der Waals surface area contributed by atoms with Crippen molar-refractivity contribution >= 4 is 52.2 Å². The van der Waals surface area contributed by atoms with Crippen LogP contribution in [0.3, 0.4) is 0 Å². The molecule has 8 nitrogen and oxygen atoms in total. The second-order valence-corrected chi connectivity index (χ2v) is 10.9. The smallest absolute Gasteiger partial charge is 0.335 e. The number of ether oxygens (including phenoxy) is 3. The number of hydrogen-bond acceptors (Lipinski definition) is 7. The number of aliphatic imine (C=N–C) groups is 1. The van der Waals surface area contributed by atoms with Crippen LogP contribution in [0.5, 0.6) is 17.2 Å². The fourth-order valence-corrected chi connectivity index (χ4v) is 5.58. The Morgan fingerprint density at radius 2 is 1.75 bits per heavy atom. The minimum atomic E-state index is -1.03. The Morgan fingerprint density at radius 3 is 2.41 bits per heavy atom. The van der Waals surface area contributed by atoms with Gasteiger partial charge in [-0.15, -0.1) is 0 Å². The Hall–Kier alpha value is -4.80. The zero-order chi connectivity index (χ0) is 31.2. The highest BCUT2D eigenvalue weighted by atomic mass is 35.5. The molecule has 1 fully saturated rings. The van der Waals surface area contributed by atoms with Gasteiger partial charge in [0.1, 0.15) is 18.2 Å². The number of carboxylic acids is 1. The van der Waals surface area contributed by atoms with Gasteiger partial charge in [-0.3, -0.25) is 9.69 Å². The molecule has 0 unspecified atom stereocenters. The van der Waals surface area contributed by atoms with Gasteiger partial charge in [0, 0.05) is 5.56 Å². The molecule has 0 radical (unpaired) electrons. The number of benzene rings is 4. The number of thioether (sulfide) groups is 1. The summed E-state index contributed by atoms with van der Waals surface area (Å²) in [6.45, 7) is 0.121. The molecule has 4 aromatic carbocycles. The third-order valence-electron chi connectivity index (χ3n) is 6.61. The average Bonchev–Trinajstić information content (AvgIpc) is 3.30. The Labute approximate surface area is 262 Å². The number of hydrogen-bond donors (Lipinski definition) is 1. The molecule has 4 aromatic rings. The molecule has 0 bridgehead atoms. The van der Waals surface area contributed by atoms with E-state index in [0.29, 0.717) is 38.4 Å². The molecule has 0 spiro atoms. The molecule has 44 heavy (non-hydrogen) atoms. The van der Waals surface area contributed by atoms with Gasteiger partial charge < -0.3 is 19.3 Å². The van der Waals surface area contributed by atoms with Crippen LogP contribution >= 0.6 is 23.4 Å². The first-order valence-corrected chi connectivity index (χ1v) is 14.4. The summed E-state index contributed by atoms with van der Waals surface area (Å²) >= 11 is 7.76. The molecule has 1 aliphatic rings. The number of methoxy groups -OCH3 is 2. The van der Waals surface area contributed by atoms with Crippen LogP contribution in [0.1, 0.15) is 27.0 Å². The Bertz CT molecular complexity index is 1760. The van der Waals surface area contributed by atoms with Crippen LogP contribution in [0, 0.1) is 5.82 Å². The monoisotopic (exact) mass is 632 g/mol. The summed E-state index contributed by atoms with van der Waals surface area (Å²) in [6.07, 6.45) is 1.68. The van der Waals surface area contributed by atoms with Crippen molar-refractivity contribution in [2.24, 2.45) is 4.99 Å². The quantitative estimate of drug-likeness (QED) is 0.180. The lowest BCUT2D eigenvalue weighted by Gasteiger charge is -2.16. The zero-order valence-electron chi connectivity index (χ0n) is 23.6. The molecule has 224 valence electrons. The number of rotatable bonds is 10. The van der Waals surface area contributed by atoms with Crippen molar-refractivity contribution in [2.45, 2.75) is 13.2 Å². The highest BCUT2D eigenvalue weighted by Crippen LogP contribution is 2.40. The number of carboxylic acid groups (broad SMARTS) is 1. The Kier molecular flexibility index (Phi) is 9.52. The SMILES string of the molecule is COc1ccc(N=C2S/C(=C\c3cc(Cl)c(OCc4ccccc4F)c(OC)c3)C(=O)N2Cc2ccc(C(=O)O)cc2)cc1. The number of aromatic carboxylic acids is 1. The maximum atomic E-state index is 14.1. The summed E-state index contributed by atoms with van der Waals surface area (Å²) in [6, 6.07) is 23.0. The Morgan fingerprint density at radius 1 is 1.02 bits per heavy atom. The molecular formula is C33H26ClFN2O6S. The lowest BCUT2D eigenvalue weighted by atomic mass is 10.1. The van der Waals surface area contributed by atoms with E-state index in [9.17, 15) is 19.1 Å². The van der Waals surface area contributed by atoms with Crippen LogP contribution < -0.4 is 14.2 Å². The molecule has 0 aliphatic carbocycles. The maximum Gasteiger partial charge on any atom is 0.335 e. The van der Waals surface area contributed by atoms with Crippen LogP contribution in [0.25, 0.3) is 6.08 Å². The molecule has 0 aromatic heterocycles. The fraction of sp³-hybridized carbons (Fsp3) is 0.121. The van der Waals surface area contributed by atoms with E-state index in [2.05, 4.69) is 0 Å². The van der Waals surface area contributed by atoms with Gasteiger partial charge >= 0.3 is 5.97 Å². The van der Waals surface area contributed by atoms with Crippen LogP contribution in [0.4, 0.5) is 10.1 Å². The predicted octanol–water partition coefficient (Wildman–Crippen LogP) is 7.58. The van der Waals surface area contributed by atoms with Crippen molar-refractivity contribution in [1.82, 2.24) is 4.90 Å². The van der Waals surface area contributed by atoms with Gasteiger partial charge in [0.05, 0.1) is 41.9 Å². The molecule has 0 atom stereocenters. The van der Waals surface area contributed by atoms with E-state index in [4.69, 9.17) is 30.8 Å². The van der Waals surface area contributed by atoms with Crippen molar-refractivity contribution in [3.63, 3.8) is 0 Å². The first kappa shape index (κ1) is 30.7. The first-order chi connectivity index (χ1) is 21.2. The molecule has 1 N–H and O–H groups in total. The number of amides is 1. The molecule has 5 rings (SSSR count). The van der Waals surface area contributed by atoms with E-state index < -0.39 is 11.8 Å². The van der Waals surface area contributed by atoms with Gasteiger partial charge in [-0.1, -0.05) is 41.9 Å². The van der Waals surface area contributed by atoms with E-state index in [-0.39, 0.29) is 35.4 Å². The minimum Gasteiger partial charge on any atom is -0.497 e. The number of nitrogens with zero attached hydrogens (tertiary/aromatic N) is 2. The van der Waals surface area contributed by atoms with E-state index in [0.717, 1.165) is 5.56 Å². The van der Waals surface area contributed by atoms with E-state index in [1.807, 2.05) is 0 Å². The van der Waals surface area contributed by atoms with Crippen LogP contribution in [-0.4, -0.2) is 41.3 Å². The zero-order valence-corrected chi connectivity index (χ0v) is 25.2. The van der Waals surface area contributed by atoms with Gasteiger partial charge in [-0.05, 0) is 83.6 Å². The van der Waals surface area contributed by atoms with Crippen molar-refractivity contribution in [2.75, 3.05) is 14.2 Å². The highest BCUT2D eigenvalue weighted by Gasteiger charge is 2.33. The summed E-state index contributed by atoms with van der Waals surface area (Å²) in [5, 5.41) is 9.91. The molecule has 1 aliphatic heterocycles. The second-order valence-electron chi connectivity index (χ2n) is 9.51. The van der Waals surface area contributed by atoms with Gasteiger partial charge in [0.15, 0.2) is 16.7 Å². The van der Waals surface area contributed by atoms with Gasteiger partial charge in [-0.25, -0.2) is 14.2 Å². The maximum absolute atomic E-state index is 14.1. The summed E-state index contributed by atoms with van der Waals surface area (Å²) < 4.78 is 30.7. The normalized spacial score (nSPS) is 14.7. The molecule has 1 saturated heterocycles. The Balaban J connectivity index is 1.45. The standard InChI is InChI=1S/C33H26ClFN2O6S/c1-41-25-13-11-24(12-14-25)36-33-37(18-20-7-9-22(10-8-20)32(39)40)31(38)29(44-33)17-21-15-26(34)30(28(16-21)42-2)43-19-23-5-3-4-6-27(23)35/h3-17H,18-19H2,1-2H3,(H,39,40)/b29-17-,36-33?. The molecule has 0 saturated carbocycles. The lowest BCUT2D eigenvalue weighted by molar-refractivity contribution is -0.122. The van der Waals surface area contributed by atoms with E-state index in [1.54, 1.807) is 79.9 Å². The fourth-order valence-electron chi connectivity index (χ4n) is 4.31. The van der Waals surface area contributed by atoms with Crippen molar-refractivity contribution in [1.29, 1.82) is 0 Å². The molecule has 11 heteroatoms. The third-order valence-corrected chi connectivity index (χ3v) is 7.89. The number of carbonyl (C=O) groups excluding carboxylic acids is 1. The van der Waals surface area contributed by atoms with Crippen LogP contribution in [0.15, 0.2) is 94.8 Å². The van der Waals surface area contributed by atoms with Gasteiger partial charge in [0.2, 0.25) is 0 Å². The predicted molar refractivity (Wildman–Crippen MR) is 168 cm³/mol. The summed E-state index contributed by atoms with van der Waals surface area (Å²) in [5.74, 6) is -0.479. The minimum absolute atomic E-state index is 0.0505. The van der Waals surface area contributed by atoms with Gasteiger partial charge in [0.25, 0.3) is 5.91 Å². The highest BCUT2D eigenvalue weighted by molar-refractivity contribution is 8.18. The van der Waals surface area contributed by atoms with Gasteiger partial charge in [-0.2, -0.15) is 0 Å². The largest absolute Gasteiger partial charge is 0.497 e. The summed E-state index contributed by atoms with van der Waals surface area (Å²) in [7, 11) is 3.04.